The van der Waals surface area contributed by atoms with Crippen LogP contribution in [0.25, 0.3) is 0 Å². The molecule has 0 atom stereocenters. The topological polar surface area (TPSA) is 0 Å². The van der Waals surface area contributed by atoms with Crippen molar-refractivity contribution in [2.75, 3.05) is 0 Å². The van der Waals surface area contributed by atoms with E-state index in [0.717, 1.165) is 0 Å². The summed E-state index contributed by atoms with van der Waals surface area (Å²) in [5, 5.41) is 0. The van der Waals surface area contributed by atoms with Crippen molar-refractivity contribution in [2.45, 2.75) is 7.43 Å². The van der Waals surface area contributed by atoms with Crippen LogP contribution in [0.5, 0.6) is 0 Å². The first-order valence-corrected chi connectivity index (χ1v) is 0. The second kappa shape index (κ2) is 26.8. The zero-order valence-electron chi connectivity index (χ0n) is 1.15. The van der Waals surface area contributed by atoms with Gasteiger partial charge in [-0.25, -0.2) is 0 Å². The van der Waals surface area contributed by atoms with E-state index in [-0.39, 0.29) is 54.2 Å². The van der Waals surface area contributed by atoms with Crippen LogP contribution < -0.4 is 0 Å². The molecule has 0 aromatic carbocycles. The van der Waals surface area contributed by atoms with Crippen LogP contribution in [-0.4, -0.2) is 0 Å². The summed E-state index contributed by atoms with van der Waals surface area (Å²) < 4.78 is 0. The van der Waals surface area contributed by atoms with Crippen LogP contribution in [0.3, 0.4) is 0 Å². The minimum absolute atomic E-state index is 0. The van der Waals surface area contributed by atoms with Crippen LogP contribution in [0.1, 0.15) is 7.43 Å². The van der Waals surface area contributed by atoms with Crippen molar-refractivity contribution in [3.63, 3.8) is 0 Å². The van der Waals surface area contributed by atoms with Crippen molar-refractivity contribution in [1.82, 2.24) is 0 Å². The van der Waals surface area contributed by atoms with Gasteiger partial charge in [-0.3, -0.25) is 0 Å². The Bertz CT molecular complexity index is 8.00. The molecule has 0 N–H and O–H groups in total. The van der Waals surface area contributed by atoms with E-state index in [0.29, 0.717) is 0 Å². The summed E-state index contributed by atoms with van der Waals surface area (Å²) in [5.74, 6) is 0. The summed E-state index contributed by atoms with van der Waals surface area (Å²) in [7, 11) is 0. The second-order valence-corrected chi connectivity index (χ2v) is 0. The molecule has 0 spiro atoms. The van der Waals surface area contributed by atoms with E-state index in [2.05, 4.69) is 0 Å². The predicted molar refractivity (Wildman–Crippen MR) is 17.1 cm³/mol. The molecular formula is CH6CoNiS. The van der Waals surface area contributed by atoms with Gasteiger partial charge in [-0.15, -0.1) is 0 Å². The largest absolute Gasteiger partial charge is 0.197 e. The Morgan fingerprint density at radius 1 is 1.00 bits per heavy atom. The Hall–Kier alpha value is 1.35. The monoisotopic (exact) mass is 167 g/mol. The first-order chi connectivity index (χ1) is 0. The van der Waals surface area contributed by atoms with Crippen molar-refractivity contribution >= 4 is 13.5 Å². The minimum Gasteiger partial charge on any atom is -0.197 e. The molecule has 0 unspecified atom stereocenters. The van der Waals surface area contributed by atoms with Gasteiger partial charge in [-0.1, -0.05) is 7.43 Å². The van der Waals surface area contributed by atoms with E-state index < -0.39 is 0 Å². The molecule has 1 radical (unpaired) electrons. The van der Waals surface area contributed by atoms with Crippen molar-refractivity contribution in [3.8, 4) is 0 Å². The van der Waals surface area contributed by atoms with Crippen molar-refractivity contribution < 1.29 is 33.3 Å². The van der Waals surface area contributed by atoms with Crippen LogP contribution in [0.15, 0.2) is 0 Å². The second-order valence-electron chi connectivity index (χ2n) is 0. The summed E-state index contributed by atoms with van der Waals surface area (Å²) in [4.78, 5) is 0. The molecule has 3 heteroatoms. The maximum absolute atomic E-state index is 0. The van der Waals surface area contributed by atoms with E-state index >= 15 is 0 Å². The van der Waals surface area contributed by atoms with Crippen molar-refractivity contribution in [2.24, 2.45) is 0 Å². The van der Waals surface area contributed by atoms with E-state index in [4.69, 9.17) is 0 Å². The van der Waals surface area contributed by atoms with Gasteiger partial charge in [0, 0.05) is 33.3 Å². The van der Waals surface area contributed by atoms with Crippen LogP contribution in [0.4, 0.5) is 0 Å². The molecule has 35 valence electrons. The Morgan fingerprint density at radius 2 is 1.00 bits per heavy atom. The van der Waals surface area contributed by atoms with E-state index in [9.17, 15) is 0 Å². The smallest absolute Gasteiger partial charge is 0 e. The van der Waals surface area contributed by atoms with Gasteiger partial charge in [0.2, 0.25) is 0 Å². The molecule has 0 aromatic heterocycles. The third-order valence-corrected chi connectivity index (χ3v) is 0. The van der Waals surface area contributed by atoms with Crippen molar-refractivity contribution in [3.05, 3.63) is 0 Å². The van der Waals surface area contributed by atoms with Crippen LogP contribution >= 0.6 is 13.5 Å². The third-order valence-electron chi connectivity index (χ3n) is 0. The van der Waals surface area contributed by atoms with Crippen LogP contribution in [0, 0.1) is 0 Å². The molecule has 0 aliphatic rings. The summed E-state index contributed by atoms with van der Waals surface area (Å²) in [6.45, 7) is 0. The maximum atomic E-state index is 0. The van der Waals surface area contributed by atoms with Gasteiger partial charge in [0.05, 0.1) is 0 Å². The Labute approximate surface area is 54.3 Å². The van der Waals surface area contributed by atoms with Gasteiger partial charge in [0.25, 0.3) is 0 Å². The summed E-state index contributed by atoms with van der Waals surface area (Å²) in [6, 6.07) is 0. The molecular weight excluding hydrogens is 162 g/mol. The molecule has 0 rings (SSSR count). The minimum atomic E-state index is 0. The first-order valence-electron chi connectivity index (χ1n) is 0. The van der Waals surface area contributed by atoms with E-state index in [1.807, 2.05) is 0 Å². The average Bonchev–Trinajstić information content (AvgIpc) is 0. The molecule has 0 aliphatic carbocycles. The quantitative estimate of drug-likeness (QED) is 0.467. The number of hydrogen-bond donors (Lipinski definition) is 0. The maximum Gasteiger partial charge on any atom is 0 e. The van der Waals surface area contributed by atoms with Gasteiger partial charge in [-0.2, -0.15) is 13.5 Å². The van der Waals surface area contributed by atoms with Crippen LogP contribution in [-0.2, 0) is 33.3 Å². The van der Waals surface area contributed by atoms with Gasteiger partial charge < -0.3 is 0 Å². The third kappa shape index (κ3) is 10.2. The average molecular weight is 168 g/mol. The number of rotatable bonds is 0. The van der Waals surface area contributed by atoms with Gasteiger partial charge in [0.1, 0.15) is 0 Å². The molecule has 0 heterocycles. The molecule has 0 aliphatic heterocycles. The van der Waals surface area contributed by atoms with E-state index in [1.165, 1.54) is 0 Å². The summed E-state index contributed by atoms with van der Waals surface area (Å²) in [5.41, 5.74) is 0. The molecule has 0 fully saturated rings. The fraction of sp³-hybridized carbons (Fsp3) is 1.00. The predicted octanol–water partition coefficient (Wildman–Crippen LogP) is 0.744. The Balaban J connectivity index is 0. The normalized spacial score (nSPS) is 0. The SMILES string of the molecule is C.S.[Co].[Ni]. The fourth-order valence-electron chi connectivity index (χ4n) is 0. The molecule has 0 amide bonds. The van der Waals surface area contributed by atoms with Gasteiger partial charge in [-0.05, 0) is 0 Å². The Kier molecular flexibility index (Phi) is 372. The van der Waals surface area contributed by atoms with Crippen molar-refractivity contribution in [1.29, 1.82) is 0 Å². The molecule has 0 saturated heterocycles. The molecule has 0 nitrogen and oxygen atoms in total. The molecule has 0 saturated carbocycles. The fourth-order valence-corrected chi connectivity index (χ4v) is 0. The number of hydrogen-bond acceptors (Lipinski definition) is 0. The van der Waals surface area contributed by atoms with Gasteiger partial charge >= 0.3 is 0 Å². The standard InChI is InChI=1S/CH4.Co.Ni.H2S/h1H4;;;1H2. The molecule has 0 bridgehead atoms. The zero-order valence-corrected chi connectivity index (χ0v) is 4.18. The molecule has 4 heavy (non-hydrogen) atoms. The van der Waals surface area contributed by atoms with Crippen LogP contribution in [0.2, 0.25) is 0 Å². The van der Waals surface area contributed by atoms with Gasteiger partial charge in [0.15, 0.2) is 0 Å². The molecule has 0 aromatic rings. The summed E-state index contributed by atoms with van der Waals surface area (Å²) in [6.07, 6.45) is 0. The zero-order chi connectivity index (χ0) is 0. The Morgan fingerprint density at radius 3 is 1.00 bits per heavy atom. The van der Waals surface area contributed by atoms with E-state index in [1.54, 1.807) is 0 Å². The first kappa shape index (κ1) is 55.5. The summed E-state index contributed by atoms with van der Waals surface area (Å²) >= 11 is 0.